The molecule has 0 aliphatic heterocycles. The van der Waals surface area contributed by atoms with Crippen LogP contribution >= 0.6 is 0 Å². The lowest BCUT2D eigenvalue weighted by molar-refractivity contribution is -0.171. The number of nitriles is 1. The second kappa shape index (κ2) is 8.82. The molecule has 0 aromatic rings. The number of Topliss-reactive ketones (excluding diaryl/α,β-unsaturated/α-hetero) is 1. The molecule has 218 valence electrons. The van der Waals surface area contributed by atoms with Gasteiger partial charge in [0.2, 0.25) is 0 Å². The van der Waals surface area contributed by atoms with Crippen LogP contribution in [0.25, 0.3) is 0 Å². The molecule has 0 aromatic carbocycles. The molecule has 0 spiro atoms. The quantitative estimate of drug-likeness (QED) is 0.427. The van der Waals surface area contributed by atoms with Crippen molar-refractivity contribution < 1.29 is 23.2 Å². The molecule has 40 heavy (non-hydrogen) atoms. The highest BCUT2D eigenvalue weighted by atomic mass is 19.3. The van der Waals surface area contributed by atoms with Crippen molar-refractivity contribution in [1.29, 1.82) is 5.26 Å². The topological polar surface area (TPSA) is 87.0 Å². The van der Waals surface area contributed by atoms with Crippen LogP contribution in [0.5, 0.6) is 0 Å². The third kappa shape index (κ3) is 3.76. The first-order valence-electron chi connectivity index (χ1n) is 14.9. The molecule has 1 amide bonds. The van der Waals surface area contributed by atoms with E-state index in [0.29, 0.717) is 0 Å². The minimum Gasteiger partial charge on any atom is -0.351 e. The summed E-state index contributed by atoms with van der Waals surface area (Å²) in [5.41, 5.74) is -1.17. The number of carbonyl (C=O) groups excluding carboxylic acids is 3. The van der Waals surface area contributed by atoms with Gasteiger partial charge in [0.05, 0.1) is 5.57 Å². The fourth-order valence-electron chi connectivity index (χ4n) is 10.4. The lowest BCUT2D eigenvalue weighted by Gasteiger charge is -2.69. The van der Waals surface area contributed by atoms with E-state index in [0.717, 1.165) is 50.5 Å². The second-order valence-corrected chi connectivity index (χ2v) is 15.6. The SMILES string of the molecule is CC1(C)CC[C@]2(CNC(=O)C(F)F)CC[C@]3(C)[C@H](C(=O)C=C4[C@@]5(C)C=C(C#N)C(=O)C(C)(C)[C@@H]5CC[C@]43C)[C@@H]2C1. The van der Waals surface area contributed by atoms with E-state index in [9.17, 15) is 28.4 Å². The van der Waals surface area contributed by atoms with Gasteiger partial charge in [-0.15, -0.1) is 0 Å². The van der Waals surface area contributed by atoms with Crippen molar-refractivity contribution in [2.24, 2.45) is 50.2 Å². The number of carbonyl (C=O) groups is 3. The molecule has 3 saturated carbocycles. The fraction of sp³-hybridized carbons (Fsp3) is 0.758. The highest BCUT2D eigenvalue weighted by Gasteiger charge is 2.69. The Morgan fingerprint density at radius 2 is 1.70 bits per heavy atom. The van der Waals surface area contributed by atoms with E-state index in [1.165, 1.54) is 0 Å². The first kappa shape index (κ1) is 29.1. The van der Waals surface area contributed by atoms with Gasteiger partial charge >= 0.3 is 6.43 Å². The third-order valence-electron chi connectivity index (χ3n) is 12.9. The first-order valence-corrected chi connectivity index (χ1v) is 14.9. The molecular weight excluding hydrogens is 510 g/mol. The van der Waals surface area contributed by atoms with Crippen molar-refractivity contribution in [3.63, 3.8) is 0 Å². The van der Waals surface area contributed by atoms with Gasteiger partial charge in [0.25, 0.3) is 5.91 Å². The number of nitrogens with one attached hydrogen (secondary N) is 1. The first-order chi connectivity index (χ1) is 18.4. The molecule has 5 aliphatic rings. The normalized spacial score (nSPS) is 43.3. The molecule has 1 N–H and O–H groups in total. The minimum atomic E-state index is -3.06. The molecule has 5 nitrogen and oxygen atoms in total. The Hall–Kier alpha value is -2.36. The van der Waals surface area contributed by atoms with E-state index in [2.05, 4.69) is 46.0 Å². The predicted molar refractivity (Wildman–Crippen MR) is 148 cm³/mol. The van der Waals surface area contributed by atoms with Crippen molar-refractivity contribution >= 4 is 17.5 Å². The third-order valence-corrected chi connectivity index (χ3v) is 12.9. The van der Waals surface area contributed by atoms with Crippen molar-refractivity contribution in [3.05, 3.63) is 23.3 Å². The Kier molecular flexibility index (Phi) is 6.43. The monoisotopic (exact) mass is 554 g/mol. The van der Waals surface area contributed by atoms with Gasteiger partial charge < -0.3 is 5.32 Å². The summed E-state index contributed by atoms with van der Waals surface area (Å²) < 4.78 is 26.3. The highest BCUT2D eigenvalue weighted by Crippen LogP contribution is 2.74. The van der Waals surface area contributed by atoms with Gasteiger partial charge in [-0.1, -0.05) is 60.1 Å². The summed E-state index contributed by atoms with van der Waals surface area (Å²) in [6, 6.07) is 2.15. The number of ketones is 2. The zero-order valence-corrected chi connectivity index (χ0v) is 25.0. The van der Waals surface area contributed by atoms with Crippen LogP contribution in [-0.2, 0) is 14.4 Å². The molecule has 7 atom stereocenters. The second-order valence-electron chi connectivity index (χ2n) is 15.6. The number of amides is 1. The Morgan fingerprint density at radius 3 is 2.33 bits per heavy atom. The molecular formula is C33H44F2N2O3. The van der Waals surface area contributed by atoms with Crippen LogP contribution in [0.1, 0.15) is 93.4 Å². The van der Waals surface area contributed by atoms with Crippen LogP contribution in [0.4, 0.5) is 8.78 Å². The average molecular weight is 555 g/mol. The van der Waals surface area contributed by atoms with Gasteiger partial charge in [-0.2, -0.15) is 14.0 Å². The van der Waals surface area contributed by atoms with Crippen LogP contribution in [0.3, 0.4) is 0 Å². The fourth-order valence-corrected chi connectivity index (χ4v) is 10.4. The lowest BCUT2D eigenvalue weighted by Crippen LogP contribution is -2.66. The number of hydrogen-bond acceptors (Lipinski definition) is 4. The zero-order chi connectivity index (χ0) is 29.7. The number of alkyl halides is 2. The average Bonchev–Trinajstić information content (AvgIpc) is 2.86. The summed E-state index contributed by atoms with van der Waals surface area (Å²) >= 11 is 0. The van der Waals surface area contributed by atoms with Gasteiger partial charge in [-0.3, -0.25) is 14.4 Å². The molecule has 0 bridgehead atoms. The van der Waals surface area contributed by atoms with Crippen LogP contribution < -0.4 is 5.32 Å². The van der Waals surface area contributed by atoms with Gasteiger partial charge in [0.15, 0.2) is 11.6 Å². The Bertz CT molecular complexity index is 1270. The van der Waals surface area contributed by atoms with E-state index in [1.807, 2.05) is 26.0 Å². The van der Waals surface area contributed by atoms with Crippen LogP contribution in [0, 0.1) is 61.6 Å². The number of fused-ring (bicyclic) bond motifs is 7. The molecule has 0 saturated heterocycles. The minimum absolute atomic E-state index is 0.00610. The maximum absolute atomic E-state index is 14.4. The predicted octanol–water partition coefficient (Wildman–Crippen LogP) is 6.59. The number of hydrogen-bond donors (Lipinski definition) is 1. The van der Waals surface area contributed by atoms with Crippen molar-refractivity contribution in [3.8, 4) is 6.07 Å². The van der Waals surface area contributed by atoms with Gasteiger partial charge in [-0.25, -0.2) is 0 Å². The van der Waals surface area contributed by atoms with Crippen molar-refractivity contribution in [1.82, 2.24) is 5.32 Å². The summed E-state index contributed by atoms with van der Waals surface area (Å²) in [4.78, 5) is 39.6. The maximum atomic E-state index is 14.4. The van der Waals surface area contributed by atoms with Crippen molar-refractivity contribution in [2.75, 3.05) is 6.54 Å². The smallest absolute Gasteiger partial charge is 0.315 e. The molecule has 3 fully saturated rings. The lowest BCUT2D eigenvalue weighted by atomic mass is 9.34. The highest BCUT2D eigenvalue weighted by molar-refractivity contribution is 6.04. The summed E-state index contributed by atoms with van der Waals surface area (Å²) in [5.74, 6) is -1.61. The van der Waals surface area contributed by atoms with E-state index in [1.54, 1.807) is 0 Å². The van der Waals surface area contributed by atoms with Crippen molar-refractivity contribution in [2.45, 2.75) is 99.8 Å². The maximum Gasteiger partial charge on any atom is 0.315 e. The summed E-state index contributed by atoms with van der Waals surface area (Å²) in [7, 11) is 0. The van der Waals surface area contributed by atoms with E-state index >= 15 is 0 Å². The number of rotatable bonds is 3. The van der Waals surface area contributed by atoms with Gasteiger partial charge in [0.1, 0.15) is 6.07 Å². The number of allylic oxidation sites excluding steroid dienone is 4. The zero-order valence-electron chi connectivity index (χ0n) is 25.0. The molecule has 0 radical (unpaired) electrons. The van der Waals surface area contributed by atoms with E-state index < -0.39 is 28.6 Å². The van der Waals surface area contributed by atoms with Crippen LogP contribution in [0.15, 0.2) is 23.3 Å². The van der Waals surface area contributed by atoms with Gasteiger partial charge in [-0.05, 0) is 84.5 Å². The molecule has 7 heteroatoms. The van der Waals surface area contributed by atoms with Gasteiger partial charge in [0, 0.05) is 23.3 Å². The summed E-state index contributed by atoms with van der Waals surface area (Å²) in [5, 5.41) is 12.4. The van der Waals surface area contributed by atoms with Crippen LogP contribution in [-0.4, -0.2) is 30.4 Å². The Labute approximate surface area is 237 Å². The Morgan fingerprint density at radius 1 is 1.05 bits per heavy atom. The van der Waals surface area contributed by atoms with E-state index in [4.69, 9.17) is 0 Å². The van der Waals surface area contributed by atoms with Crippen LogP contribution in [0.2, 0.25) is 0 Å². The largest absolute Gasteiger partial charge is 0.351 e. The molecule has 0 heterocycles. The number of nitrogens with zero attached hydrogens (tertiary/aromatic N) is 1. The van der Waals surface area contributed by atoms with E-state index in [-0.39, 0.29) is 57.7 Å². The molecule has 5 aliphatic carbocycles. The molecule has 0 aromatic heterocycles. The summed E-state index contributed by atoms with van der Waals surface area (Å²) in [6.07, 6.45) is 6.37. The molecule has 0 unspecified atom stereocenters. The summed E-state index contributed by atoms with van der Waals surface area (Å²) in [6.45, 7) is 15.1. The standard InChI is InChI=1S/C33H44F2N2O3/c1-28(2)10-12-33(18-37-27(40)26(34)35)13-11-32(7)24(20(33)16-28)21(38)14-23-30(5)15-19(17-36)25(39)29(3,4)22(30)8-9-31(23,32)6/h14-15,20,22,24,26H,8-13,16,18H2,1-7H3,(H,37,40)/t20-,22-,24-,30-,31+,32+,33+/m0/s1. The molecule has 5 rings (SSSR count). The Balaban J connectivity index is 1.63. The number of halogens is 2.